The minimum atomic E-state index is -0.256. The van der Waals surface area contributed by atoms with Crippen LogP contribution in [0.5, 0.6) is 5.75 Å². The first kappa shape index (κ1) is 19.2. The second-order valence-corrected chi connectivity index (χ2v) is 6.41. The zero-order valence-corrected chi connectivity index (χ0v) is 16.0. The molecule has 28 heavy (non-hydrogen) atoms. The molecule has 0 saturated carbocycles. The molecule has 0 atom stereocenters. The van der Waals surface area contributed by atoms with E-state index >= 15 is 0 Å². The number of nitrogens with one attached hydrogen (secondary N) is 1. The van der Waals surface area contributed by atoms with E-state index in [2.05, 4.69) is 33.1 Å². The van der Waals surface area contributed by atoms with Gasteiger partial charge in [-0.1, -0.05) is 0 Å². The number of nitrogens with zero attached hydrogens (tertiary/aromatic N) is 3. The highest BCUT2D eigenvalue weighted by molar-refractivity contribution is 6.04. The molecule has 2 aromatic heterocycles. The van der Waals surface area contributed by atoms with Gasteiger partial charge in [-0.2, -0.15) is 5.26 Å². The summed E-state index contributed by atoms with van der Waals surface area (Å²) in [6.07, 6.45) is 2.64. The number of hydrogen-bond donors (Lipinski definition) is 1. The number of pyridine rings is 1. The van der Waals surface area contributed by atoms with Crippen LogP contribution in [0.4, 0.5) is 5.82 Å². The molecule has 1 aromatic carbocycles. The lowest BCUT2D eigenvalue weighted by Gasteiger charge is -2.12. The highest BCUT2D eigenvalue weighted by Gasteiger charge is 2.12. The zero-order chi connectivity index (χ0) is 19.9. The summed E-state index contributed by atoms with van der Waals surface area (Å²) < 4.78 is 7.77. The Balaban J connectivity index is 1.71. The predicted molar refractivity (Wildman–Crippen MR) is 108 cm³/mol. The van der Waals surface area contributed by atoms with Gasteiger partial charge in [0, 0.05) is 35.3 Å². The van der Waals surface area contributed by atoms with Crippen LogP contribution in [0.15, 0.2) is 54.7 Å². The van der Waals surface area contributed by atoms with Gasteiger partial charge in [0.25, 0.3) is 5.91 Å². The van der Waals surface area contributed by atoms with E-state index in [4.69, 9.17) is 10.00 Å². The molecule has 0 radical (unpaired) electrons. The third-order valence-electron chi connectivity index (χ3n) is 4.35. The number of rotatable bonds is 7. The van der Waals surface area contributed by atoms with Crippen molar-refractivity contribution in [3.8, 4) is 17.5 Å². The van der Waals surface area contributed by atoms with Gasteiger partial charge in [-0.15, -0.1) is 0 Å². The number of unbranched alkanes of at least 4 members (excludes halogenated alkanes) is 1. The first-order valence-electron chi connectivity index (χ1n) is 9.11. The molecule has 0 aliphatic heterocycles. The van der Waals surface area contributed by atoms with E-state index in [-0.39, 0.29) is 5.91 Å². The molecule has 6 heteroatoms. The molecule has 142 valence electrons. The fraction of sp³-hybridized carbons (Fsp3) is 0.227. The van der Waals surface area contributed by atoms with Crippen LogP contribution in [-0.4, -0.2) is 22.1 Å². The van der Waals surface area contributed by atoms with Crippen LogP contribution >= 0.6 is 0 Å². The summed E-state index contributed by atoms with van der Waals surface area (Å²) in [5.74, 6) is 0.600. The van der Waals surface area contributed by atoms with Crippen LogP contribution in [-0.2, 0) is 0 Å². The molecule has 6 nitrogen and oxygen atoms in total. The molecule has 0 aliphatic carbocycles. The number of ether oxygens (including phenoxy) is 1. The normalized spacial score (nSPS) is 10.3. The summed E-state index contributed by atoms with van der Waals surface area (Å²) in [5.41, 5.74) is 3.82. The largest absolute Gasteiger partial charge is 0.490 e. The molecule has 0 bridgehead atoms. The first-order valence-corrected chi connectivity index (χ1v) is 9.11. The summed E-state index contributed by atoms with van der Waals surface area (Å²) in [6.45, 7) is 4.49. The fourth-order valence-electron chi connectivity index (χ4n) is 2.95. The van der Waals surface area contributed by atoms with Crippen LogP contribution in [0.1, 0.15) is 34.6 Å². The van der Waals surface area contributed by atoms with E-state index in [9.17, 15) is 4.79 Å². The van der Waals surface area contributed by atoms with Gasteiger partial charge >= 0.3 is 0 Å². The average Bonchev–Trinajstić information content (AvgIpc) is 3.04. The van der Waals surface area contributed by atoms with Crippen molar-refractivity contribution >= 4 is 11.7 Å². The van der Waals surface area contributed by atoms with E-state index < -0.39 is 0 Å². The average molecular weight is 374 g/mol. The monoisotopic (exact) mass is 374 g/mol. The van der Waals surface area contributed by atoms with E-state index in [1.165, 1.54) is 0 Å². The Morgan fingerprint density at radius 1 is 1.14 bits per heavy atom. The van der Waals surface area contributed by atoms with Crippen molar-refractivity contribution in [3.63, 3.8) is 0 Å². The van der Waals surface area contributed by atoms with Gasteiger partial charge in [-0.05, 0) is 68.8 Å². The van der Waals surface area contributed by atoms with Gasteiger partial charge in [0.1, 0.15) is 0 Å². The van der Waals surface area contributed by atoms with Crippen molar-refractivity contribution in [1.82, 2.24) is 9.55 Å². The van der Waals surface area contributed by atoms with Crippen molar-refractivity contribution in [2.45, 2.75) is 26.7 Å². The smallest absolute Gasteiger partial charge is 0.256 e. The summed E-state index contributed by atoms with van der Waals surface area (Å²) in [6, 6.07) is 17.1. The molecule has 0 spiro atoms. The van der Waals surface area contributed by atoms with Crippen molar-refractivity contribution in [2.24, 2.45) is 0 Å². The van der Waals surface area contributed by atoms with Gasteiger partial charge < -0.3 is 14.6 Å². The third kappa shape index (κ3) is 4.38. The minimum absolute atomic E-state index is 0.256. The lowest BCUT2D eigenvalue weighted by atomic mass is 10.2. The van der Waals surface area contributed by atoms with Gasteiger partial charge in [-0.25, -0.2) is 4.98 Å². The Hall–Kier alpha value is -3.59. The Kier molecular flexibility index (Phi) is 6.07. The van der Waals surface area contributed by atoms with Crippen LogP contribution in [0, 0.1) is 25.2 Å². The molecule has 0 unspecified atom stereocenters. The molecular formula is C22H22N4O2. The van der Waals surface area contributed by atoms with Crippen LogP contribution in [0.3, 0.4) is 0 Å². The highest BCUT2D eigenvalue weighted by Crippen LogP contribution is 2.22. The van der Waals surface area contributed by atoms with Crippen molar-refractivity contribution in [2.75, 3.05) is 11.9 Å². The molecular weight excluding hydrogens is 352 g/mol. The zero-order valence-electron chi connectivity index (χ0n) is 16.0. The summed E-state index contributed by atoms with van der Waals surface area (Å²) in [5, 5.41) is 11.4. The fourth-order valence-corrected chi connectivity index (χ4v) is 2.95. The first-order chi connectivity index (χ1) is 13.6. The number of hydrogen-bond acceptors (Lipinski definition) is 4. The van der Waals surface area contributed by atoms with Gasteiger partial charge in [-0.3, -0.25) is 4.79 Å². The summed E-state index contributed by atoms with van der Waals surface area (Å²) in [7, 11) is 0. The van der Waals surface area contributed by atoms with Crippen molar-refractivity contribution < 1.29 is 9.53 Å². The number of carbonyl (C=O) groups excluding carboxylic acids is 1. The van der Waals surface area contributed by atoms with Crippen molar-refractivity contribution in [1.29, 1.82) is 5.26 Å². The lowest BCUT2D eigenvalue weighted by molar-refractivity contribution is 0.102. The molecule has 1 N–H and O–H groups in total. The molecule has 0 fully saturated rings. The van der Waals surface area contributed by atoms with Gasteiger partial charge in [0.2, 0.25) is 0 Å². The van der Waals surface area contributed by atoms with Crippen LogP contribution in [0.2, 0.25) is 0 Å². The van der Waals surface area contributed by atoms with E-state index in [0.717, 1.165) is 17.1 Å². The quantitative estimate of drug-likeness (QED) is 0.621. The second-order valence-electron chi connectivity index (χ2n) is 6.41. The number of anilines is 1. The maximum absolute atomic E-state index is 12.6. The minimum Gasteiger partial charge on any atom is -0.490 e. The molecule has 0 saturated heterocycles. The van der Waals surface area contributed by atoms with E-state index in [1.54, 1.807) is 30.5 Å². The Morgan fingerprint density at radius 2 is 1.86 bits per heavy atom. The molecule has 3 aromatic rings. The van der Waals surface area contributed by atoms with Crippen molar-refractivity contribution in [3.05, 3.63) is 71.7 Å². The van der Waals surface area contributed by atoms with E-state index in [1.807, 2.05) is 26.0 Å². The SMILES string of the molecule is Cc1ccc(C)n1-c1ccc(C(=O)Nc2ncccc2OCCCC#N)cc1. The molecule has 2 heterocycles. The summed E-state index contributed by atoms with van der Waals surface area (Å²) >= 11 is 0. The standard InChI is InChI=1S/C22H22N4O2/c1-16-7-8-17(2)26(16)19-11-9-18(10-12-19)22(27)25-21-20(6-5-14-24-21)28-15-4-3-13-23/h5-12,14H,3-4,15H2,1-2H3,(H,24,25,27). The predicted octanol–water partition coefficient (Wildman–Crippen LogP) is 4.42. The number of nitriles is 1. The maximum atomic E-state index is 12.6. The number of carbonyl (C=O) groups is 1. The Morgan fingerprint density at radius 3 is 2.54 bits per heavy atom. The maximum Gasteiger partial charge on any atom is 0.256 e. The number of aryl methyl sites for hydroxylation is 2. The third-order valence-corrected chi connectivity index (χ3v) is 4.35. The van der Waals surface area contributed by atoms with Gasteiger partial charge in [0.05, 0.1) is 12.7 Å². The topological polar surface area (TPSA) is 79.9 Å². The van der Waals surface area contributed by atoms with Gasteiger partial charge in [0.15, 0.2) is 11.6 Å². The molecule has 0 aliphatic rings. The Labute approximate surface area is 164 Å². The Bertz CT molecular complexity index is 981. The highest BCUT2D eigenvalue weighted by atomic mass is 16.5. The molecule has 1 amide bonds. The number of amides is 1. The number of benzene rings is 1. The summed E-state index contributed by atoms with van der Waals surface area (Å²) in [4.78, 5) is 16.8. The molecule has 3 rings (SSSR count). The number of aromatic nitrogens is 2. The second kappa shape index (κ2) is 8.87. The van der Waals surface area contributed by atoms with Crippen LogP contribution < -0.4 is 10.1 Å². The lowest BCUT2D eigenvalue weighted by Crippen LogP contribution is -2.14. The van der Waals surface area contributed by atoms with E-state index in [0.29, 0.717) is 36.6 Å². The van der Waals surface area contributed by atoms with Crippen LogP contribution in [0.25, 0.3) is 5.69 Å².